The first kappa shape index (κ1) is 13.7. The third kappa shape index (κ3) is 3.89. The smallest absolute Gasteiger partial charge is 0.119 e. The van der Waals surface area contributed by atoms with Gasteiger partial charge in [-0.1, -0.05) is 30.9 Å². The highest BCUT2D eigenvalue weighted by molar-refractivity contribution is 5.49. The van der Waals surface area contributed by atoms with Gasteiger partial charge in [0.25, 0.3) is 0 Å². The van der Waals surface area contributed by atoms with Crippen molar-refractivity contribution in [2.24, 2.45) is 0 Å². The Labute approximate surface area is 119 Å². The van der Waals surface area contributed by atoms with E-state index in [-0.39, 0.29) is 0 Å². The van der Waals surface area contributed by atoms with Gasteiger partial charge in [0.05, 0.1) is 11.6 Å². The van der Waals surface area contributed by atoms with E-state index in [1.807, 2.05) is 42.5 Å². The zero-order valence-electron chi connectivity index (χ0n) is 11.2. The van der Waals surface area contributed by atoms with Crippen LogP contribution in [0.4, 0.5) is 5.69 Å². The van der Waals surface area contributed by atoms with Gasteiger partial charge in [-0.3, -0.25) is 0 Å². The minimum absolute atomic E-state index is 0.512. The van der Waals surface area contributed by atoms with E-state index in [4.69, 9.17) is 10.00 Å². The molecule has 0 amide bonds. The number of hydrogen-bond acceptors (Lipinski definition) is 3. The van der Waals surface area contributed by atoms with Crippen molar-refractivity contribution in [3.05, 3.63) is 72.3 Å². The molecule has 0 heterocycles. The van der Waals surface area contributed by atoms with Crippen molar-refractivity contribution in [3.63, 3.8) is 0 Å². The van der Waals surface area contributed by atoms with Crippen LogP contribution in [0.15, 0.2) is 61.2 Å². The molecule has 0 unspecified atom stereocenters. The zero-order chi connectivity index (χ0) is 14.2. The molecule has 0 aliphatic carbocycles. The van der Waals surface area contributed by atoms with Gasteiger partial charge >= 0.3 is 0 Å². The number of nitriles is 1. The third-order valence-electron chi connectivity index (χ3n) is 2.78. The summed E-state index contributed by atoms with van der Waals surface area (Å²) in [6.45, 7) is 4.83. The molecule has 0 aromatic heterocycles. The van der Waals surface area contributed by atoms with Crippen molar-refractivity contribution < 1.29 is 4.74 Å². The molecule has 2 aromatic rings. The second kappa shape index (κ2) is 7.01. The van der Waals surface area contributed by atoms with Crippen molar-refractivity contribution in [1.82, 2.24) is 0 Å². The second-order valence-corrected chi connectivity index (χ2v) is 4.29. The standard InChI is InChI=1S/C17H16N2O/c1-2-10-20-17-8-6-14(7-9-17)13-19-16-5-3-4-15(11-16)12-18/h2-9,11,19H,1,10,13H2. The molecule has 0 bridgehead atoms. The van der Waals surface area contributed by atoms with Crippen LogP contribution in [0.1, 0.15) is 11.1 Å². The van der Waals surface area contributed by atoms with E-state index in [1.54, 1.807) is 12.1 Å². The monoisotopic (exact) mass is 264 g/mol. The van der Waals surface area contributed by atoms with Gasteiger partial charge in [0.2, 0.25) is 0 Å². The predicted molar refractivity (Wildman–Crippen MR) is 80.6 cm³/mol. The van der Waals surface area contributed by atoms with Crippen LogP contribution in [0.2, 0.25) is 0 Å². The molecule has 0 aliphatic heterocycles. The SMILES string of the molecule is C=CCOc1ccc(CNc2cccc(C#N)c2)cc1. The van der Waals surface area contributed by atoms with Crippen LogP contribution in [-0.2, 0) is 6.54 Å². The van der Waals surface area contributed by atoms with Gasteiger partial charge in [0.1, 0.15) is 12.4 Å². The van der Waals surface area contributed by atoms with Crippen molar-refractivity contribution in [2.45, 2.75) is 6.54 Å². The minimum Gasteiger partial charge on any atom is -0.490 e. The van der Waals surface area contributed by atoms with Crippen LogP contribution in [0.25, 0.3) is 0 Å². The molecule has 0 saturated heterocycles. The van der Waals surface area contributed by atoms with Gasteiger partial charge in [-0.05, 0) is 35.9 Å². The van der Waals surface area contributed by atoms with Crippen LogP contribution < -0.4 is 10.1 Å². The molecular weight excluding hydrogens is 248 g/mol. The Kier molecular flexibility index (Phi) is 4.80. The number of anilines is 1. The first-order valence-corrected chi connectivity index (χ1v) is 6.38. The summed E-state index contributed by atoms with van der Waals surface area (Å²) in [5.74, 6) is 0.833. The lowest BCUT2D eigenvalue weighted by atomic mass is 10.2. The Balaban J connectivity index is 1.93. The lowest BCUT2D eigenvalue weighted by Crippen LogP contribution is -2.00. The summed E-state index contributed by atoms with van der Waals surface area (Å²) in [5, 5.41) is 12.1. The maximum atomic E-state index is 8.85. The van der Waals surface area contributed by atoms with E-state index in [2.05, 4.69) is 18.0 Å². The van der Waals surface area contributed by atoms with Crippen LogP contribution in [0, 0.1) is 11.3 Å². The summed E-state index contributed by atoms with van der Waals surface area (Å²) in [6, 6.07) is 17.5. The molecule has 3 heteroatoms. The van der Waals surface area contributed by atoms with Gasteiger partial charge in [-0.15, -0.1) is 0 Å². The molecule has 100 valence electrons. The van der Waals surface area contributed by atoms with Crippen molar-refractivity contribution in [1.29, 1.82) is 5.26 Å². The molecule has 0 fully saturated rings. The average Bonchev–Trinajstić information content (AvgIpc) is 2.52. The van der Waals surface area contributed by atoms with E-state index in [0.717, 1.165) is 17.0 Å². The summed E-state index contributed by atoms with van der Waals surface area (Å²) in [5.41, 5.74) is 2.75. The van der Waals surface area contributed by atoms with E-state index >= 15 is 0 Å². The van der Waals surface area contributed by atoms with E-state index in [1.165, 1.54) is 0 Å². The highest BCUT2D eigenvalue weighted by Crippen LogP contribution is 2.15. The van der Waals surface area contributed by atoms with Crippen molar-refractivity contribution in [2.75, 3.05) is 11.9 Å². The van der Waals surface area contributed by atoms with Gasteiger partial charge in [0, 0.05) is 12.2 Å². The molecule has 0 aliphatic rings. The number of ether oxygens (including phenoxy) is 1. The zero-order valence-corrected chi connectivity index (χ0v) is 11.2. The average molecular weight is 264 g/mol. The van der Waals surface area contributed by atoms with Gasteiger partial charge in [0.15, 0.2) is 0 Å². The van der Waals surface area contributed by atoms with Gasteiger partial charge < -0.3 is 10.1 Å². The quantitative estimate of drug-likeness (QED) is 0.808. The van der Waals surface area contributed by atoms with Crippen molar-refractivity contribution in [3.8, 4) is 11.8 Å². The summed E-state index contributed by atoms with van der Waals surface area (Å²) in [4.78, 5) is 0. The van der Waals surface area contributed by atoms with E-state index in [9.17, 15) is 0 Å². The number of nitrogens with one attached hydrogen (secondary N) is 1. The first-order valence-electron chi connectivity index (χ1n) is 6.38. The maximum Gasteiger partial charge on any atom is 0.119 e. The fourth-order valence-electron chi connectivity index (χ4n) is 1.76. The maximum absolute atomic E-state index is 8.85. The molecule has 0 atom stereocenters. The number of rotatable bonds is 6. The first-order chi connectivity index (χ1) is 9.81. The van der Waals surface area contributed by atoms with Gasteiger partial charge in [-0.2, -0.15) is 5.26 Å². The Hall–Kier alpha value is -2.73. The number of benzene rings is 2. The van der Waals surface area contributed by atoms with E-state index in [0.29, 0.717) is 18.7 Å². The van der Waals surface area contributed by atoms with Crippen LogP contribution in [-0.4, -0.2) is 6.61 Å². The fraction of sp³-hybridized carbons (Fsp3) is 0.118. The minimum atomic E-state index is 0.512. The molecular formula is C17H16N2O. The highest BCUT2D eigenvalue weighted by Gasteiger charge is 1.97. The summed E-state index contributed by atoms with van der Waals surface area (Å²) < 4.78 is 5.43. The van der Waals surface area contributed by atoms with Gasteiger partial charge in [-0.25, -0.2) is 0 Å². The lowest BCUT2D eigenvalue weighted by Gasteiger charge is -2.08. The normalized spacial score (nSPS) is 9.55. The van der Waals surface area contributed by atoms with Crippen LogP contribution in [0.3, 0.4) is 0 Å². The summed E-state index contributed by atoms with van der Waals surface area (Å²) >= 11 is 0. The molecule has 20 heavy (non-hydrogen) atoms. The third-order valence-corrected chi connectivity index (χ3v) is 2.78. The molecule has 0 spiro atoms. The molecule has 0 saturated carbocycles. The molecule has 2 rings (SSSR count). The highest BCUT2D eigenvalue weighted by atomic mass is 16.5. The van der Waals surface area contributed by atoms with Crippen LogP contribution >= 0.6 is 0 Å². The molecule has 2 aromatic carbocycles. The Morgan fingerprint density at radius 3 is 2.70 bits per heavy atom. The molecule has 3 nitrogen and oxygen atoms in total. The van der Waals surface area contributed by atoms with Crippen LogP contribution in [0.5, 0.6) is 5.75 Å². The second-order valence-electron chi connectivity index (χ2n) is 4.29. The lowest BCUT2D eigenvalue weighted by molar-refractivity contribution is 0.363. The number of hydrogen-bond donors (Lipinski definition) is 1. The Morgan fingerprint density at radius 1 is 1.20 bits per heavy atom. The number of nitrogens with zero attached hydrogens (tertiary/aromatic N) is 1. The topological polar surface area (TPSA) is 45.0 Å². The fourth-order valence-corrected chi connectivity index (χ4v) is 1.76. The van der Waals surface area contributed by atoms with E-state index < -0.39 is 0 Å². The Morgan fingerprint density at radius 2 is 2.00 bits per heavy atom. The predicted octanol–water partition coefficient (Wildman–Crippen LogP) is 3.74. The summed E-state index contributed by atoms with van der Waals surface area (Å²) in [6.07, 6.45) is 1.72. The molecule has 0 radical (unpaired) electrons. The largest absolute Gasteiger partial charge is 0.490 e. The molecule has 1 N–H and O–H groups in total. The summed E-state index contributed by atoms with van der Waals surface area (Å²) in [7, 11) is 0. The Bertz CT molecular complexity index is 612. The van der Waals surface area contributed by atoms with Crippen molar-refractivity contribution >= 4 is 5.69 Å².